The summed E-state index contributed by atoms with van der Waals surface area (Å²) in [6.45, 7) is 1.04. The molecule has 1 aromatic heterocycles. The predicted octanol–water partition coefficient (Wildman–Crippen LogP) is 3.89. The quantitative estimate of drug-likeness (QED) is 0.700. The number of hydrogen-bond donors (Lipinski definition) is 1. The number of ether oxygens (including phenoxy) is 1. The van der Waals surface area contributed by atoms with Crippen LogP contribution in [-0.2, 0) is 21.2 Å². The van der Waals surface area contributed by atoms with E-state index in [1.165, 1.54) is 22.4 Å². The number of benzene rings is 1. The molecule has 0 saturated carbocycles. The van der Waals surface area contributed by atoms with Gasteiger partial charge in [0.15, 0.2) is 0 Å². The average molecular weight is 423 g/mol. The summed E-state index contributed by atoms with van der Waals surface area (Å²) in [7, 11) is -2.20. The molecule has 1 N–H and O–H groups in total. The molecule has 0 radical (unpaired) electrons. The normalized spacial score (nSPS) is 15.3. The molecule has 1 saturated heterocycles. The van der Waals surface area contributed by atoms with E-state index in [1.807, 2.05) is 11.4 Å². The fourth-order valence-corrected chi connectivity index (χ4v) is 5.75. The third-order valence-corrected chi connectivity index (χ3v) is 7.64. The summed E-state index contributed by atoms with van der Waals surface area (Å²) in [4.78, 5) is 13.6. The number of rotatable bonds is 8. The number of aryl methyl sites for hydroxylation is 1. The van der Waals surface area contributed by atoms with Gasteiger partial charge in [-0.15, -0.1) is 11.3 Å². The Hall–Kier alpha value is -1.90. The highest BCUT2D eigenvalue weighted by molar-refractivity contribution is 7.89. The topological polar surface area (TPSA) is 75.7 Å². The van der Waals surface area contributed by atoms with Crippen LogP contribution in [0.1, 0.15) is 37.0 Å². The van der Waals surface area contributed by atoms with E-state index >= 15 is 0 Å². The molecule has 0 spiro atoms. The molecule has 0 atom stereocenters. The third-order valence-electron chi connectivity index (χ3n) is 4.79. The third kappa shape index (κ3) is 5.12. The van der Waals surface area contributed by atoms with E-state index in [0.717, 1.165) is 32.1 Å². The second kappa shape index (κ2) is 9.54. The van der Waals surface area contributed by atoms with Crippen LogP contribution < -0.4 is 10.1 Å². The van der Waals surface area contributed by atoms with Crippen molar-refractivity contribution in [1.82, 2.24) is 4.31 Å². The lowest BCUT2D eigenvalue weighted by atomic mass is 10.2. The minimum absolute atomic E-state index is 0.105. The SMILES string of the molecule is COc1ccc(NC(=O)CCCc2cccs2)cc1S(=O)(=O)N1CCCCC1. The monoisotopic (exact) mass is 422 g/mol. The molecular weight excluding hydrogens is 396 g/mol. The Labute approximate surface area is 170 Å². The van der Waals surface area contributed by atoms with Gasteiger partial charge >= 0.3 is 0 Å². The van der Waals surface area contributed by atoms with Gasteiger partial charge in [0.1, 0.15) is 10.6 Å². The summed E-state index contributed by atoms with van der Waals surface area (Å²) in [5.41, 5.74) is 0.470. The second-order valence-electron chi connectivity index (χ2n) is 6.81. The average Bonchev–Trinajstić information content (AvgIpc) is 3.22. The number of nitrogens with zero attached hydrogens (tertiary/aromatic N) is 1. The maximum absolute atomic E-state index is 13.0. The molecule has 1 aliphatic rings. The second-order valence-corrected chi connectivity index (χ2v) is 9.75. The first-order chi connectivity index (χ1) is 13.5. The number of anilines is 1. The highest BCUT2D eigenvalue weighted by atomic mass is 32.2. The van der Waals surface area contributed by atoms with Crippen LogP contribution in [0.3, 0.4) is 0 Å². The number of piperidine rings is 1. The van der Waals surface area contributed by atoms with Gasteiger partial charge in [0.2, 0.25) is 15.9 Å². The molecular formula is C20H26N2O4S2. The van der Waals surface area contributed by atoms with E-state index in [1.54, 1.807) is 23.5 Å². The van der Waals surface area contributed by atoms with Gasteiger partial charge in [-0.2, -0.15) is 4.31 Å². The van der Waals surface area contributed by atoms with E-state index in [9.17, 15) is 13.2 Å². The van der Waals surface area contributed by atoms with Crippen molar-refractivity contribution in [3.8, 4) is 5.75 Å². The molecule has 8 heteroatoms. The van der Waals surface area contributed by atoms with Crippen molar-refractivity contribution in [2.45, 2.75) is 43.4 Å². The molecule has 1 fully saturated rings. The van der Waals surface area contributed by atoms with Crippen molar-refractivity contribution < 1.29 is 17.9 Å². The van der Waals surface area contributed by atoms with E-state index in [4.69, 9.17) is 4.74 Å². The summed E-state index contributed by atoms with van der Waals surface area (Å²) in [6, 6.07) is 8.83. The van der Waals surface area contributed by atoms with Crippen LogP contribution in [0.15, 0.2) is 40.6 Å². The maximum Gasteiger partial charge on any atom is 0.246 e. The largest absolute Gasteiger partial charge is 0.495 e. The summed E-state index contributed by atoms with van der Waals surface area (Å²) < 4.78 is 32.9. The van der Waals surface area contributed by atoms with E-state index in [2.05, 4.69) is 11.4 Å². The first-order valence-corrected chi connectivity index (χ1v) is 11.8. The molecule has 1 aliphatic heterocycles. The Bertz CT molecular complexity index is 889. The molecule has 6 nitrogen and oxygen atoms in total. The fourth-order valence-electron chi connectivity index (χ4n) is 3.30. The Morgan fingerprint density at radius 1 is 1.21 bits per heavy atom. The zero-order valence-corrected chi connectivity index (χ0v) is 17.7. The van der Waals surface area contributed by atoms with Crippen molar-refractivity contribution in [2.75, 3.05) is 25.5 Å². The Balaban J connectivity index is 1.68. The molecule has 1 amide bonds. The van der Waals surface area contributed by atoms with E-state index in [-0.39, 0.29) is 10.8 Å². The Morgan fingerprint density at radius 2 is 2.00 bits per heavy atom. The number of sulfonamides is 1. The molecule has 152 valence electrons. The van der Waals surface area contributed by atoms with Crippen molar-refractivity contribution in [1.29, 1.82) is 0 Å². The van der Waals surface area contributed by atoms with Gasteiger partial charge in [-0.25, -0.2) is 8.42 Å². The van der Waals surface area contributed by atoms with Crippen molar-refractivity contribution in [3.05, 3.63) is 40.6 Å². The van der Waals surface area contributed by atoms with Crippen LogP contribution in [0.4, 0.5) is 5.69 Å². The minimum Gasteiger partial charge on any atom is -0.495 e. The summed E-state index contributed by atoms with van der Waals surface area (Å²) >= 11 is 1.68. The molecule has 2 aromatic rings. The summed E-state index contributed by atoms with van der Waals surface area (Å²) in [6.07, 6.45) is 4.77. The van der Waals surface area contributed by atoms with Crippen LogP contribution in [-0.4, -0.2) is 38.8 Å². The van der Waals surface area contributed by atoms with Crippen molar-refractivity contribution in [3.63, 3.8) is 0 Å². The molecule has 3 rings (SSSR count). The lowest BCUT2D eigenvalue weighted by molar-refractivity contribution is -0.116. The van der Waals surface area contributed by atoms with E-state index < -0.39 is 10.0 Å². The Kier molecular flexibility index (Phi) is 7.09. The molecule has 0 aliphatic carbocycles. The van der Waals surface area contributed by atoms with Gasteiger partial charge in [0, 0.05) is 30.1 Å². The number of thiophene rings is 1. The molecule has 2 heterocycles. The van der Waals surface area contributed by atoms with Gasteiger partial charge in [-0.05, 0) is 55.3 Å². The van der Waals surface area contributed by atoms with Crippen molar-refractivity contribution in [2.24, 2.45) is 0 Å². The maximum atomic E-state index is 13.0. The standard InChI is InChI=1S/C20H26N2O4S2/c1-26-18-11-10-16(21-20(23)9-5-7-17-8-6-14-27-17)15-19(18)28(24,25)22-12-3-2-4-13-22/h6,8,10-11,14-15H,2-5,7,9,12-13H2,1H3,(H,21,23). The highest BCUT2D eigenvalue weighted by Gasteiger charge is 2.29. The molecule has 0 bridgehead atoms. The first kappa shape index (κ1) is 20.8. The zero-order valence-electron chi connectivity index (χ0n) is 16.0. The first-order valence-electron chi connectivity index (χ1n) is 9.51. The zero-order chi connectivity index (χ0) is 20.0. The van der Waals surface area contributed by atoms with Gasteiger partial charge in [-0.3, -0.25) is 4.79 Å². The summed E-state index contributed by atoms with van der Waals surface area (Å²) in [5.74, 6) is 0.171. The number of carbonyl (C=O) groups excluding carboxylic acids is 1. The lowest BCUT2D eigenvalue weighted by Gasteiger charge is -2.26. The smallest absolute Gasteiger partial charge is 0.246 e. The fraction of sp³-hybridized carbons (Fsp3) is 0.450. The van der Waals surface area contributed by atoms with Gasteiger partial charge in [0.05, 0.1) is 7.11 Å². The highest BCUT2D eigenvalue weighted by Crippen LogP contribution is 2.31. The van der Waals surface area contributed by atoms with Crippen LogP contribution in [0.2, 0.25) is 0 Å². The molecule has 1 aromatic carbocycles. The predicted molar refractivity (Wildman–Crippen MR) is 111 cm³/mol. The van der Waals surface area contributed by atoms with Gasteiger partial charge < -0.3 is 10.1 Å². The molecule has 0 unspecified atom stereocenters. The van der Waals surface area contributed by atoms with Gasteiger partial charge in [0.25, 0.3) is 0 Å². The summed E-state index contributed by atoms with van der Waals surface area (Å²) in [5, 5.41) is 4.84. The lowest BCUT2D eigenvalue weighted by Crippen LogP contribution is -2.35. The van der Waals surface area contributed by atoms with Crippen LogP contribution >= 0.6 is 11.3 Å². The van der Waals surface area contributed by atoms with E-state index in [0.29, 0.717) is 30.9 Å². The number of amides is 1. The van der Waals surface area contributed by atoms with Crippen LogP contribution in [0, 0.1) is 0 Å². The van der Waals surface area contributed by atoms with Gasteiger partial charge in [-0.1, -0.05) is 12.5 Å². The number of carbonyl (C=O) groups is 1. The van der Waals surface area contributed by atoms with Crippen LogP contribution in [0.25, 0.3) is 0 Å². The number of nitrogens with one attached hydrogen (secondary N) is 1. The Morgan fingerprint density at radius 3 is 2.68 bits per heavy atom. The molecule has 28 heavy (non-hydrogen) atoms. The van der Waals surface area contributed by atoms with Crippen LogP contribution in [0.5, 0.6) is 5.75 Å². The van der Waals surface area contributed by atoms with Crippen molar-refractivity contribution >= 4 is 33.0 Å². The minimum atomic E-state index is -3.65. The number of methoxy groups -OCH3 is 1. The number of hydrogen-bond acceptors (Lipinski definition) is 5.